The lowest BCUT2D eigenvalue weighted by Crippen LogP contribution is -2.63. The molecule has 0 spiro atoms. The SMILES string of the molecule is CCCCC/C(C)=C/[C@H](O)[C@@H]1CO[C@@](C)(OC)[C@](C)(OC)O1. The van der Waals surface area contributed by atoms with Crippen molar-refractivity contribution in [2.24, 2.45) is 0 Å². The normalized spacial score (nSPS) is 34.7. The Bertz CT molecular complexity index is 370. The van der Waals surface area contributed by atoms with E-state index in [4.69, 9.17) is 18.9 Å². The minimum absolute atomic E-state index is 0.253. The number of hydrogen-bond acceptors (Lipinski definition) is 5. The first-order chi connectivity index (χ1) is 10.3. The van der Waals surface area contributed by atoms with Gasteiger partial charge < -0.3 is 24.1 Å². The van der Waals surface area contributed by atoms with Gasteiger partial charge in [-0.2, -0.15) is 0 Å². The summed E-state index contributed by atoms with van der Waals surface area (Å²) in [4.78, 5) is 0. The second kappa shape index (κ2) is 8.41. The fourth-order valence-electron chi connectivity index (χ4n) is 2.58. The van der Waals surface area contributed by atoms with E-state index >= 15 is 0 Å². The van der Waals surface area contributed by atoms with Crippen LogP contribution in [0.1, 0.15) is 53.4 Å². The van der Waals surface area contributed by atoms with Gasteiger partial charge in [-0.3, -0.25) is 0 Å². The predicted octanol–water partition coefficient (Wildman–Crippen LogP) is 3.01. The lowest BCUT2D eigenvalue weighted by molar-refractivity contribution is -0.435. The van der Waals surface area contributed by atoms with Crippen LogP contribution >= 0.6 is 0 Å². The van der Waals surface area contributed by atoms with Gasteiger partial charge in [0.25, 0.3) is 0 Å². The van der Waals surface area contributed by atoms with Gasteiger partial charge in [0, 0.05) is 14.2 Å². The van der Waals surface area contributed by atoms with Crippen LogP contribution in [0.5, 0.6) is 0 Å². The first-order valence-corrected chi connectivity index (χ1v) is 8.09. The van der Waals surface area contributed by atoms with Crippen LogP contribution in [0.4, 0.5) is 0 Å². The Morgan fingerprint density at radius 3 is 2.45 bits per heavy atom. The molecule has 1 N–H and O–H groups in total. The lowest BCUT2D eigenvalue weighted by atomic mass is 10.0. The Labute approximate surface area is 134 Å². The molecule has 130 valence electrons. The molecule has 0 aromatic heterocycles. The van der Waals surface area contributed by atoms with Gasteiger partial charge in [-0.15, -0.1) is 0 Å². The summed E-state index contributed by atoms with van der Waals surface area (Å²) >= 11 is 0. The van der Waals surface area contributed by atoms with Gasteiger partial charge in [0.2, 0.25) is 11.6 Å². The Kier molecular flexibility index (Phi) is 7.49. The second-order valence-corrected chi connectivity index (χ2v) is 6.23. The van der Waals surface area contributed by atoms with Gasteiger partial charge in [0.1, 0.15) is 12.2 Å². The molecule has 5 heteroatoms. The maximum atomic E-state index is 10.4. The highest BCUT2D eigenvalue weighted by Gasteiger charge is 2.54. The molecule has 0 aromatic rings. The first kappa shape index (κ1) is 19.6. The molecule has 1 aliphatic rings. The summed E-state index contributed by atoms with van der Waals surface area (Å²) in [7, 11) is 3.09. The number of allylic oxidation sites excluding steroid dienone is 1. The number of methoxy groups -OCH3 is 2. The molecule has 0 aliphatic carbocycles. The summed E-state index contributed by atoms with van der Waals surface area (Å²) in [5.41, 5.74) is 1.17. The summed E-state index contributed by atoms with van der Waals surface area (Å²) in [6, 6.07) is 0. The third-order valence-corrected chi connectivity index (χ3v) is 4.51. The van der Waals surface area contributed by atoms with Crippen molar-refractivity contribution in [1.82, 2.24) is 0 Å². The van der Waals surface area contributed by atoms with Crippen LogP contribution < -0.4 is 0 Å². The van der Waals surface area contributed by atoms with Crippen molar-refractivity contribution in [3.63, 3.8) is 0 Å². The van der Waals surface area contributed by atoms with Crippen molar-refractivity contribution in [3.05, 3.63) is 11.6 Å². The second-order valence-electron chi connectivity index (χ2n) is 6.23. The van der Waals surface area contributed by atoms with E-state index in [1.54, 1.807) is 28.1 Å². The zero-order valence-electron chi connectivity index (χ0n) is 14.8. The van der Waals surface area contributed by atoms with Crippen molar-refractivity contribution < 1.29 is 24.1 Å². The van der Waals surface area contributed by atoms with Crippen molar-refractivity contribution in [1.29, 1.82) is 0 Å². The van der Waals surface area contributed by atoms with Crippen LogP contribution in [0.25, 0.3) is 0 Å². The zero-order valence-corrected chi connectivity index (χ0v) is 14.8. The molecular weight excluding hydrogens is 284 g/mol. The van der Waals surface area contributed by atoms with E-state index in [1.807, 2.05) is 13.0 Å². The molecule has 0 amide bonds. The van der Waals surface area contributed by atoms with E-state index in [2.05, 4.69) is 6.92 Å². The Hall–Kier alpha value is -0.460. The molecule has 1 heterocycles. The van der Waals surface area contributed by atoms with E-state index in [0.717, 1.165) is 12.8 Å². The van der Waals surface area contributed by atoms with E-state index in [-0.39, 0.29) is 6.61 Å². The molecule has 1 saturated heterocycles. The zero-order chi connectivity index (χ0) is 16.8. The smallest absolute Gasteiger partial charge is 0.220 e. The summed E-state index contributed by atoms with van der Waals surface area (Å²) in [6.07, 6.45) is 5.19. The van der Waals surface area contributed by atoms with Crippen molar-refractivity contribution in [3.8, 4) is 0 Å². The number of unbranched alkanes of at least 4 members (excludes halogenated alkanes) is 2. The van der Waals surface area contributed by atoms with E-state index in [0.29, 0.717) is 0 Å². The summed E-state index contributed by atoms with van der Waals surface area (Å²) < 4.78 is 22.6. The van der Waals surface area contributed by atoms with Gasteiger partial charge in [-0.1, -0.05) is 31.4 Å². The number of aliphatic hydroxyl groups excluding tert-OH is 1. The molecule has 1 aliphatic heterocycles. The highest BCUT2D eigenvalue weighted by atomic mass is 16.8. The fourth-order valence-corrected chi connectivity index (χ4v) is 2.58. The molecule has 1 fully saturated rings. The molecule has 0 aromatic carbocycles. The Morgan fingerprint density at radius 1 is 1.27 bits per heavy atom. The van der Waals surface area contributed by atoms with Crippen molar-refractivity contribution >= 4 is 0 Å². The van der Waals surface area contributed by atoms with Crippen LogP contribution in [0.3, 0.4) is 0 Å². The molecule has 5 nitrogen and oxygen atoms in total. The quantitative estimate of drug-likeness (QED) is 0.551. The third-order valence-electron chi connectivity index (χ3n) is 4.51. The van der Waals surface area contributed by atoms with Gasteiger partial charge in [0.15, 0.2) is 0 Å². The first-order valence-electron chi connectivity index (χ1n) is 8.09. The van der Waals surface area contributed by atoms with Crippen LogP contribution in [-0.2, 0) is 18.9 Å². The third kappa shape index (κ3) is 4.52. The minimum atomic E-state index is -1.07. The van der Waals surface area contributed by atoms with E-state index in [1.165, 1.54) is 18.4 Å². The Balaban J connectivity index is 2.68. The van der Waals surface area contributed by atoms with Crippen molar-refractivity contribution in [2.45, 2.75) is 77.2 Å². The lowest BCUT2D eigenvalue weighted by Gasteiger charge is -2.49. The number of rotatable bonds is 8. The van der Waals surface area contributed by atoms with E-state index < -0.39 is 23.8 Å². The highest BCUT2D eigenvalue weighted by Crippen LogP contribution is 2.37. The maximum absolute atomic E-state index is 10.4. The van der Waals surface area contributed by atoms with Gasteiger partial charge in [-0.05, 0) is 33.6 Å². The molecule has 1 rings (SSSR count). The fraction of sp³-hybridized carbons (Fsp3) is 0.882. The highest BCUT2D eigenvalue weighted by molar-refractivity contribution is 5.05. The number of ether oxygens (including phenoxy) is 4. The Morgan fingerprint density at radius 2 is 1.91 bits per heavy atom. The molecular formula is C17H32O5. The summed E-state index contributed by atoms with van der Waals surface area (Å²) in [5.74, 6) is -2.08. The average molecular weight is 316 g/mol. The summed E-state index contributed by atoms with van der Waals surface area (Å²) in [6.45, 7) is 8.00. The molecule has 0 unspecified atom stereocenters. The van der Waals surface area contributed by atoms with Gasteiger partial charge >= 0.3 is 0 Å². The topological polar surface area (TPSA) is 57.2 Å². The van der Waals surface area contributed by atoms with Crippen LogP contribution in [0, 0.1) is 0 Å². The minimum Gasteiger partial charge on any atom is -0.386 e. The monoisotopic (exact) mass is 316 g/mol. The largest absolute Gasteiger partial charge is 0.386 e. The standard InChI is InChI=1S/C17H32O5/c1-7-8-9-10-13(2)11-14(18)15-12-21-16(3,19-5)17(4,20-6)22-15/h11,14-15,18H,7-10,12H2,1-6H3/b13-11+/t14-,15-,16+,17+/m0/s1. The van der Waals surface area contributed by atoms with Crippen molar-refractivity contribution in [2.75, 3.05) is 20.8 Å². The van der Waals surface area contributed by atoms with Gasteiger partial charge in [0.05, 0.1) is 6.61 Å². The molecule has 0 saturated carbocycles. The maximum Gasteiger partial charge on any atom is 0.220 e. The predicted molar refractivity (Wildman–Crippen MR) is 85.6 cm³/mol. The molecule has 0 bridgehead atoms. The van der Waals surface area contributed by atoms with Gasteiger partial charge in [-0.25, -0.2) is 0 Å². The average Bonchev–Trinajstić information content (AvgIpc) is 2.50. The van der Waals surface area contributed by atoms with Crippen LogP contribution in [0.2, 0.25) is 0 Å². The van der Waals surface area contributed by atoms with Crippen LogP contribution in [0.15, 0.2) is 11.6 Å². The number of hydrogen-bond donors (Lipinski definition) is 1. The molecule has 0 radical (unpaired) electrons. The van der Waals surface area contributed by atoms with Crippen LogP contribution in [-0.4, -0.2) is 49.7 Å². The number of aliphatic hydroxyl groups is 1. The summed E-state index contributed by atoms with van der Waals surface area (Å²) in [5, 5.41) is 10.4. The molecule has 4 atom stereocenters. The van der Waals surface area contributed by atoms with E-state index in [9.17, 15) is 5.11 Å². The molecule has 22 heavy (non-hydrogen) atoms.